The van der Waals surface area contributed by atoms with Crippen molar-refractivity contribution in [3.8, 4) is 0 Å². The molecule has 1 fully saturated rings. The molecule has 8 heteroatoms. The van der Waals surface area contributed by atoms with E-state index in [4.69, 9.17) is 0 Å². The second-order valence-electron chi connectivity index (χ2n) is 6.50. The van der Waals surface area contributed by atoms with Gasteiger partial charge < -0.3 is 4.57 Å². The molecule has 1 saturated heterocycles. The zero-order valence-electron chi connectivity index (χ0n) is 14.5. The van der Waals surface area contributed by atoms with Crippen LogP contribution in [0.25, 0.3) is 0 Å². The number of ketones is 1. The molecule has 0 amide bonds. The molecule has 1 aliphatic rings. The summed E-state index contributed by atoms with van der Waals surface area (Å²) in [5.41, 5.74) is 2.09. The number of sulfone groups is 1. The minimum absolute atomic E-state index is 0.0236. The molecular formula is C18H19F2NO3S2. The number of aromatic nitrogens is 1. The first-order chi connectivity index (χ1) is 12.2. The van der Waals surface area contributed by atoms with Crippen molar-refractivity contribution >= 4 is 27.4 Å². The molecule has 0 unspecified atom stereocenters. The van der Waals surface area contributed by atoms with Crippen LogP contribution < -0.4 is 0 Å². The molecule has 0 bridgehead atoms. The van der Waals surface area contributed by atoms with Crippen LogP contribution in [0.15, 0.2) is 29.2 Å². The lowest BCUT2D eigenvalue weighted by Gasteiger charge is -2.16. The lowest BCUT2D eigenvalue weighted by molar-refractivity contribution is 0.102. The van der Waals surface area contributed by atoms with Crippen LogP contribution in [0, 0.1) is 25.5 Å². The average Bonchev–Trinajstić information content (AvgIpc) is 3.05. The van der Waals surface area contributed by atoms with Crippen molar-refractivity contribution in [2.45, 2.75) is 31.2 Å². The van der Waals surface area contributed by atoms with Crippen molar-refractivity contribution in [3.63, 3.8) is 0 Å². The lowest BCUT2D eigenvalue weighted by atomic mass is 10.2. The second kappa shape index (κ2) is 7.15. The van der Waals surface area contributed by atoms with Gasteiger partial charge in [-0.2, -0.15) is 0 Å². The molecule has 3 rings (SSSR count). The monoisotopic (exact) mass is 399 g/mol. The van der Waals surface area contributed by atoms with Gasteiger partial charge in [-0.3, -0.25) is 4.79 Å². The van der Waals surface area contributed by atoms with Gasteiger partial charge in [-0.05, 0) is 38.5 Å². The smallest absolute Gasteiger partial charge is 0.174 e. The number of rotatable bonds is 5. The fraction of sp³-hybridized carbons (Fsp3) is 0.389. The molecule has 0 radical (unpaired) electrons. The molecule has 0 spiro atoms. The quantitative estimate of drug-likeness (QED) is 0.568. The number of hydrogen-bond acceptors (Lipinski definition) is 4. The number of thioether (sulfide) groups is 1. The van der Waals surface area contributed by atoms with E-state index < -0.39 is 21.5 Å². The van der Waals surface area contributed by atoms with Crippen molar-refractivity contribution in [2.24, 2.45) is 0 Å². The Bertz CT molecular complexity index is 967. The van der Waals surface area contributed by atoms with Crippen molar-refractivity contribution in [1.29, 1.82) is 0 Å². The van der Waals surface area contributed by atoms with Gasteiger partial charge in [0.25, 0.3) is 0 Å². The highest BCUT2D eigenvalue weighted by Crippen LogP contribution is 2.30. The molecule has 2 aromatic rings. The van der Waals surface area contributed by atoms with Crippen LogP contribution in [0.3, 0.4) is 0 Å². The summed E-state index contributed by atoms with van der Waals surface area (Å²) in [6, 6.07) is 4.87. The van der Waals surface area contributed by atoms with Crippen LogP contribution in [-0.2, 0) is 9.84 Å². The molecule has 26 heavy (non-hydrogen) atoms. The second-order valence-corrected chi connectivity index (χ2v) is 9.74. The van der Waals surface area contributed by atoms with Crippen LogP contribution in [0.1, 0.15) is 34.2 Å². The maximum absolute atomic E-state index is 13.7. The van der Waals surface area contributed by atoms with Gasteiger partial charge in [0.2, 0.25) is 0 Å². The Morgan fingerprint density at radius 1 is 1.27 bits per heavy atom. The van der Waals surface area contributed by atoms with Gasteiger partial charge in [-0.1, -0.05) is 0 Å². The summed E-state index contributed by atoms with van der Waals surface area (Å²) in [6.45, 7) is 3.65. The third-order valence-electron chi connectivity index (χ3n) is 4.61. The number of hydrogen-bond donors (Lipinski definition) is 0. The highest BCUT2D eigenvalue weighted by molar-refractivity contribution is 8.00. The highest BCUT2D eigenvalue weighted by Gasteiger charge is 2.31. The Labute approximate surface area is 155 Å². The van der Waals surface area contributed by atoms with Gasteiger partial charge in [0.05, 0.1) is 17.3 Å². The minimum atomic E-state index is -3.02. The molecule has 0 aliphatic carbocycles. The molecule has 4 nitrogen and oxygen atoms in total. The fourth-order valence-corrected chi connectivity index (χ4v) is 5.92. The average molecular weight is 399 g/mol. The summed E-state index contributed by atoms with van der Waals surface area (Å²) in [6.07, 6.45) is 0.544. The molecule has 1 atom stereocenters. The number of halogens is 2. The number of Topliss-reactive ketones (excluding diaryl/α,β-unsaturated/α-hetero) is 1. The number of carbonyl (C=O) groups is 1. The van der Waals surface area contributed by atoms with Crippen LogP contribution in [0.2, 0.25) is 0 Å². The van der Waals surface area contributed by atoms with E-state index in [-0.39, 0.29) is 34.0 Å². The van der Waals surface area contributed by atoms with Gasteiger partial charge in [-0.15, -0.1) is 11.8 Å². The van der Waals surface area contributed by atoms with Crippen molar-refractivity contribution in [3.05, 3.63) is 52.9 Å². The fourth-order valence-electron chi connectivity index (χ4n) is 3.41. The van der Waals surface area contributed by atoms with Crippen molar-refractivity contribution in [1.82, 2.24) is 4.57 Å². The zero-order valence-corrected chi connectivity index (χ0v) is 16.1. The van der Waals surface area contributed by atoms with E-state index in [1.807, 2.05) is 11.5 Å². The zero-order chi connectivity index (χ0) is 19.1. The van der Waals surface area contributed by atoms with E-state index in [2.05, 4.69) is 0 Å². The van der Waals surface area contributed by atoms with E-state index in [1.165, 1.54) is 6.07 Å². The first-order valence-electron chi connectivity index (χ1n) is 8.18. The Hall–Kier alpha value is -1.67. The van der Waals surface area contributed by atoms with E-state index in [0.717, 1.165) is 35.3 Å². The molecule has 0 N–H and O–H groups in total. The normalized spacial score (nSPS) is 19.0. The van der Waals surface area contributed by atoms with Crippen LogP contribution in [-0.4, -0.2) is 36.0 Å². The summed E-state index contributed by atoms with van der Waals surface area (Å²) in [5, 5.41) is 0. The van der Waals surface area contributed by atoms with Crippen LogP contribution >= 0.6 is 11.8 Å². The molecule has 1 aromatic heterocycles. The van der Waals surface area contributed by atoms with Gasteiger partial charge in [0.15, 0.2) is 15.6 Å². The Morgan fingerprint density at radius 3 is 2.62 bits per heavy atom. The third-order valence-corrected chi connectivity index (χ3v) is 7.41. The van der Waals surface area contributed by atoms with E-state index in [9.17, 15) is 22.0 Å². The summed E-state index contributed by atoms with van der Waals surface area (Å²) >= 11 is 1.02. The van der Waals surface area contributed by atoms with Crippen LogP contribution in [0.5, 0.6) is 0 Å². The number of benzene rings is 1. The number of nitrogens with zero attached hydrogens (tertiary/aromatic N) is 1. The van der Waals surface area contributed by atoms with Gasteiger partial charge in [-0.25, -0.2) is 17.2 Å². The Morgan fingerprint density at radius 2 is 2.00 bits per heavy atom. The molecule has 1 aliphatic heterocycles. The Balaban J connectivity index is 1.77. The van der Waals surface area contributed by atoms with E-state index in [1.54, 1.807) is 13.0 Å². The molecule has 0 saturated carbocycles. The summed E-state index contributed by atoms with van der Waals surface area (Å²) in [5.74, 6) is -1.24. The molecule has 1 aromatic carbocycles. The van der Waals surface area contributed by atoms with Crippen molar-refractivity contribution < 1.29 is 22.0 Å². The number of aryl methyl sites for hydroxylation is 1. The topological polar surface area (TPSA) is 56.1 Å². The lowest BCUT2D eigenvalue weighted by Crippen LogP contribution is -2.14. The van der Waals surface area contributed by atoms with Crippen LogP contribution in [0.4, 0.5) is 8.78 Å². The van der Waals surface area contributed by atoms with Crippen molar-refractivity contribution in [2.75, 3.05) is 17.3 Å². The maximum Gasteiger partial charge on any atom is 0.174 e. The first-order valence-corrected chi connectivity index (χ1v) is 11.0. The van der Waals surface area contributed by atoms with E-state index >= 15 is 0 Å². The van der Waals surface area contributed by atoms with Gasteiger partial charge in [0.1, 0.15) is 11.6 Å². The third kappa shape index (κ3) is 3.86. The highest BCUT2D eigenvalue weighted by atomic mass is 32.2. The minimum Gasteiger partial charge on any atom is -0.344 e. The summed E-state index contributed by atoms with van der Waals surface area (Å²) < 4.78 is 52.1. The Kier molecular flexibility index (Phi) is 5.25. The van der Waals surface area contributed by atoms with Gasteiger partial charge >= 0.3 is 0 Å². The molecule has 2 heterocycles. The molecular weight excluding hydrogens is 380 g/mol. The standard InChI is InChI=1S/C18H19F2NO3S2/c1-11-7-15(12(2)21(11)14-5-6-26(23,24)10-14)17(22)9-25-18-4-3-13(19)8-16(18)20/h3-4,7-8,14H,5-6,9-10H2,1-2H3/t14-/m0/s1. The SMILES string of the molecule is Cc1cc(C(=O)CSc2ccc(F)cc2F)c(C)n1[C@H]1CCS(=O)(=O)C1. The van der Waals surface area contributed by atoms with E-state index in [0.29, 0.717) is 12.0 Å². The molecule has 140 valence electrons. The number of carbonyl (C=O) groups excluding carboxylic acids is 1. The largest absolute Gasteiger partial charge is 0.344 e. The first kappa shape index (κ1) is 19.1. The van der Waals surface area contributed by atoms with Gasteiger partial charge in [0, 0.05) is 34.0 Å². The maximum atomic E-state index is 13.7. The summed E-state index contributed by atoms with van der Waals surface area (Å²) in [7, 11) is -3.02. The predicted octanol–water partition coefficient (Wildman–Crippen LogP) is 3.72. The summed E-state index contributed by atoms with van der Waals surface area (Å²) in [4.78, 5) is 12.8. The predicted molar refractivity (Wildman–Crippen MR) is 97.6 cm³/mol.